The molecule has 0 atom stereocenters. The molecule has 1 aliphatic rings. The van der Waals surface area contributed by atoms with Gasteiger partial charge in [-0.2, -0.15) is 0 Å². The highest BCUT2D eigenvalue weighted by atomic mass is 16.5. The van der Waals surface area contributed by atoms with Gasteiger partial charge in [-0.15, -0.1) is 0 Å². The van der Waals surface area contributed by atoms with E-state index < -0.39 is 0 Å². The first kappa shape index (κ1) is 23.1. The Hall–Kier alpha value is -2.23. The van der Waals surface area contributed by atoms with Crippen LogP contribution in [0.1, 0.15) is 25.2 Å². The number of nitrogens with zero attached hydrogens (tertiary/aromatic N) is 3. The van der Waals surface area contributed by atoms with E-state index >= 15 is 0 Å². The second kappa shape index (κ2) is 12.4. The molecule has 29 heavy (non-hydrogen) atoms. The lowest BCUT2D eigenvalue weighted by Crippen LogP contribution is -2.33. The molecule has 9 nitrogen and oxygen atoms in total. The van der Waals surface area contributed by atoms with Crippen molar-refractivity contribution in [1.82, 2.24) is 14.8 Å². The smallest absolute Gasteiger partial charge is 0.219 e. The molecule has 0 spiro atoms. The zero-order chi connectivity index (χ0) is 21.1. The van der Waals surface area contributed by atoms with Crippen molar-refractivity contribution >= 4 is 11.8 Å². The minimum absolute atomic E-state index is 0.0621. The summed E-state index contributed by atoms with van der Waals surface area (Å²) < 4.78 is 21.9. The Balaban J connectivity index is 2.21. The van der Waals surface area contributed by atoms with Crippen molar-refractivity contribution in [1.29, 1.82) is 0 Å². The molecule has 2 heterocycles. The minimum Gasteiger partial charge on any atom is -0.497 e. The highest BCUT2D eigenvalue weighted by molar-refractivity contribution is 5.73. The SMILES string of the molecule is COc1cc2nc(c1)CN(C(C)=O)CCOCCOCCOCCN(C(C)=O)C2. The van der Waals surface area contributed by atoms with Gasteiger partial charge in [-0.3, -0.25) is 14.6 Å². The largest absolute Gasteiger partial charge is 0.497 e. The maximum Gasteiger partial charge on any atom is 0.219 e. The van der Waals surface area contributed by atoms with Crippen LogP contribution in [0.25, 0.3) is 0 Å². The van der Waals surface area contributed by atoms with Crippen molar-refractivity contribution in [3.05, 3.63) is 23.5 Å². The zero-order valence-corrected chi connectivity index (χ0v) is 17.5. The first-order valence-corrected chi connectivity index (χ1v) is 9.77. The van der Waals surface area contributed by atoms with Gasteiger partial charge in [-0.25, -0.2) is 0 Å². The van der Waals surface area contributed by atoms with Crippen LogP contribution in [-0.4, -0.2) is 86.4 Å². The average molecular weight is 409 g/mol. The van der Waals surface area contributed by atoms with Gasteiger partial charge in [0.25, 0.3) is 0 Å². The van der Waals surface area contributed by atoms with Gasteiger partial charge in [0, 0.05) is 39.1 Å². The number of rotatable bonds is 1. The van der Waals surface area contributed by atoms with Crippen molar-refractivity contribution in [2.75, 3.05) is 59.8 Å². The maximum absolute atomic E-state index is 12.0. The molecule has 1 aromatic heterocycles. The summed E-state index contributed by atoms with van der Waals surface area (Å²) in [6.45, 7) is 7.26. The Morgan fingerprint density at radius 3 is 1.62 bits per heavy atom. The van der Waals surface area contributed by atoms with E-state index in [4.69, 9.17) is 18.9 Å². The van der Waals surface area contributed by atoms with E-state index in [0.717, 1.165) is 0 Å². The van der Waals surface area contributed by atoms with Crippen LogP contribution in [0.5, 0.6) is 5.75 Å². The summed E-state index contributed by atoms with van der Waals surface area (Å²) in [6.07, 6.45) is 0. The topological polar surface area (TPSA) is 90.4 Å². The molecular weight excluding hydrogens is 378 g/mol. The summed E-state index contributed by atoms with van der Waals surface area (Å²) in [4.78, 5) is 32.1. The quantitative estimate of drug-likeness (QED) is 0.679. The monoisotopic (exact) mass is 409 g/mol. The van der Waals surface area contributed by atoms with Gasteiger partial charge in [0.05, 0.1) is 71.2 Å². The van der Waals surface area contributed by atoms with Crippen LogP contribution in [0.4, 0.5) is 0 Å². The van der Waals surface area contributed by atoms with Gasteiger partial charge in [-0.1, -0.05) is 0 Å². The number of carbonyl (C=O) groups excluding carboxylic acids is 2. The highest BCUT2D eigenvalue weighted by Crippen LogP contribution is 2.17. The molecule has 2 rings (SSSR count). The summed E-state index contributed by atoms with van der Waals surface area (Å²) >= 11 is 0. The van der Waals surface area contributed by atoms with Gasteiger partial charge < -0.3 is 28.7 Å². The molecule has 0 aromatic carbocycles. The molecule has 0 fully saturated rings. The Labute approximate surface area is 171 Å². The molecule has 9 heteroatoms. The van der Waals surface area contributed by atoms with Gasteiger partial charge in [-0.05, 0) is 0 Å². The van der Waals surface area contributed by atoms with E-state index in [1.165, 1.54) is 13.8 Å². The maximum atomic E-state index is 12.0. The van der Waals surface area contributed by atoms with E-state index in [1.54, 1.807) is 29.0 Å². The number of fused-ring (bicyclic) bond motifs is 2. The molecular formula is C20H31N3O6. The molecule has 0 N–H and O–H groups in total. The first-order chi connectivity index (χ1) is 14.0. The van der Waals surface area contributed by atoms with Crippen LogP contribution in [0.2, 0.25) is 0 Å². The Morgan fingerprint density at radius 2 is 1.24 bits per heavy atom. The fraction of sp³-hybridized carbons (Fsp3) is 0.650. The summed E-state index contributed by atoms with van der Waals surface area (Å²) in [5.41, 5.74) is 1.39. The Morgan fingerprint density at radius 1 is 0.828 bits per heavy atom. The van der Waals surface area contributed by atoms with Crippen molar-refractivity contribution < 1.29 is 28.5 Å². The summed E-state index contributed by atoms with van der Waals surface area (Å²) in [7, 11) is 1.58. The molecule has 162 valence electrons. The van der Waals surface area contributed by atoms with Crippen molar-refractivity contribution in [2.45, 2.75) is 26.9 Å². The molecule has 1 aromatic rings. The predicted octanol–water partition coefficient (Wildman–Crippen LogP) is 0.851. The van der Waals surface area contributed by atoms with E-state index in [-0.39, 0.29) is 11.8 Å². The third-order valence-corrected chi connectivity index (χ3v) is 4.49. The lowest BCUT2D eigenvalue weighted by atomic mass is 10.2. The van der Waals surface area contributed by atoms with E-state index in [2.05, 4.69) is 4.98 Å². The van der Waals surface area contributed by atoms with E-state index in [9.17, 15) is 9.59 Å². The molecule has 2 bridgehead atoms. The number of hydrogen-bond donors (Lipinski definition) is 0. The number of carbonyl (C=O) groups is 2. The predicted molar refractivity (Wildman–Crippen MR) is 105 cm³/mol. The van der Waals surface area contributed by atoms with Crippen LogP contribution in [0.3, 0.4) is 0 Å². The van der Waals surface area contributed by atoms with Gasteiger partial charge in [0.1, 0.15) is 5.75 Å². The minimum atomic E-state index is -0.0621. The van der Waals surface area contributed by atoms with Gasteiger partial charge in [0.15, 0.2) is 0 Å². The number of hydrogen-bond acceptors (Lipinski definition) is 7. The highest BCUT2D eigenvalue weighted by Gasteiger charge is 2.15. The van der Waals surface area contributed by atoms with Crippen LogP contribution < -0.4 is 4.74 Å². The molecule has 0 unspecified atom stereocenters. The average Bonchev–Trinajstić information content (AvgIpc) is 2.69. The molecule has 0 radical (unpaired) electrons. The summed E-state index contributed by atoms with van der Waals surface area (Å²) in [6, 6.07) is 3.60. The van der Waals surface area contributed by atoms with Crippen LogP contribution >= 0.6 is 0 Å². The molecule has 0 saturated heterocycles. The zero-order valence-electron chi connectivity index (χ0n) is 17.5. The summed E-state index contributed by atoms with van der Waals surface area (Å²) in [5, 5.41) is 0. The fourth-order valence-electron chi connectivity index (χ4n) is 2.88. The number of aromatic nitrogens is 1. The van der Waals surface area contributed by atoms with E-state index in [0.29, 0.717) is 83.0 Å². The number of methoxy groups -OCH3 is 1. The van der Waals surface area contributed by atoms with E-state index in [1.807, 2.05) is 0 Å². The third kappa shape index (κ3) is 8.35. The Bertz CT molecular complexity index is 619. The van der Waals surface area contributed by atoms with Gasteiger partial charge >= 0.3 is 0 Å². The number of amides is 2. The van der Waals surface area contributed by atoms with Crippen LogP contribution in [-0.2, 0) is 36.9 Å². The molecule has 0 saturated carbocycles. The van der Waals surface area contributed by atoms with Crippen molar-refractivity contribution in [2.24, 2.45) is 0 Å². The molecule has 0 aliphatic carbocycles. The van der Waals surface area contributed by atoms with Crippen LogP contribution in [0.15, 0.2) is 12.1 Å². The molecule has 2 amide bonds. The van der Waals surface area contributed by atoms with Gasteiger partial charge in [0.2, 0.25) is 11.8 Å². The Kier molecular flexibility index (Phi) is 9.82. The first-order valence-electron chi connectivity index (χ1n) is 9.77. The fourth-order valence-corrected chi connectivity index (χ4v) is 2.88. The number of pyridine rings is 1. The number of ether oxygens (including phenoxy) is 4. The van der Waals surface area contributed by atoms with Crippen LogP contribution in [0, 0.1) is 0 Å². The second-order valence-electron chi connectivity index (χ2n) is 6.71. The standard InChI is InChI=1S/C20H31N3O6/c1-16(24)22-4-6-27-8-10-29-11-9-28-7-5-23(17(2)25)15-19-13-20(26-3)12-18(14-22)21-19/h12-13H,4-11,14-15H2,1-3H3. The second-order valence-corrected chi connectivity index (χ2v) is 6.71. The molecule has 1 aliphatic heterocycles. The normalized spacial score (nSPS) is 17.9. The third-order valence-electron chi connectivity index (χ3n) is 4.49. The lowest BCUT2D eigenvalue weighted by Gasteiger charge is -2.23. The summed E-state index contributed by atoms with van der Waals surface area (Å²) in [5.74, 6) is 0.511. The van der Waals surface area contributed by atoms with Crippen molar-refractivity contribution in [3.63, 3.8) is 0 Å². The lowest BCUT2D eigenvalue weighted by molar-refractivity contribution is -0.130. The van der Waals surface area contributed by atoms with Crippen molar-refractivity contribution in [3.8, 4) is 5.75 Å².